The number of thiazole rings is 1. The summed E-state index contributed by atoms with van der Waals surface area (Å²) in [5.74, 6) is 0.843. The van der Waals surface area contributed by atoms with Crippen LogP contribution >= 0.6 is 11.3 Å². The summed E-state index contributed by atoms with van der Waals surface area (Å²) in [5, 5.41) is 1.16. The fourth-order valence-electron chi connectivity index (χ4n) is 2.87. The molecule has 0 aliphatic rings. The van der Waals surface area contributed by atoms with E-state index >= 15 is 0 Å². The molecule has 27 heavy (non-hydrogen) atoms. The number of aromatic nitrogens is 1. The smallest absolute Gasteiger partial charge is 0.266 e. The van der Waals surface area contributed by atoms with Crippen LogP contribution in [-0.4, -0.2) is 26.1 Å². The molecule has 1 aromatic heterocycles. The normalized spacial score (nSPS) is 11.7. The predicted molar refractivity (Wildman–Crippen MR) is 111 cm³/mol. The summed E-state index contributed by atoms with van der Waals surface area (Å²) in [5.41, 5.74) is 2.27. The van der Waals surface area contributed by atoms with Crippen LogP contribution in [0, 0.1) is 0 Å². The van der Waals surface area contributed by atoms with Crippen LogP contribution in [0.3, 0.4) is 0 Å². The summed E-state index contributed by atoms with van der Waals surface area (Å²) in [7, 11) is 2.07. The topological polar surface area (TPSA) is 31.6 Å². The van der Waals surface area contributed by atoms with Gasteiger partial charge in [-0.2, -0.15) is 4.57 Å². The van der Waals surface area contributed by atoms with Gasteiger partial charge in [0.1, 0.15) is 18.4 Å². The van der Waals surface area contributed by atoms with E-state index in [1.165, 1.54) is 10.3 Å². The number of nitrogens with zero attached hydrogens (tertiary/aromatic N) is 1. The van der Waals surface area contributed by atoms with Crippen molar-refractivity contribution in [1.82, 2.24) is 0 Å². The van der Waals surface area contributed by atoms with Crippen molar-refractivity contribution in [1.29, 1.82) is 0 Å². The molecule has 142 valence electrons. The zero-order valence-electron chi connectivity index (χ0n) is 16.1. The lowest BCUT2D eigenvalue weighted by Gasteiger charge is -2.17. The Hall–Kier alpha value is -2.21. The van der Waals surface area contributed by atoms with Gasteiger partial charge in [0, 0.05) is 19.3 Å². The van der Waals surface area contributed by atoms with E-state index in [1.54, 1.807) is 11.3 Å². The molecule has 3 rings (SSSR count). The molecule has 0 atom stereocenters. The van der Waals surface area contributed by atoms with Crippen LogP contribution in [-0.2, 0) is 16.5 Å². The molecule has 0 aliphatic carbocycles. The lowest BCUT2D eigenvalue weighted by molar-refractivity contribution is -0.642. The molecule has 0 fully saturated rings. The van der Waals surface area contributed by atoms with E-state index < -0.39 is 0 Å². The summed E-state index contributed by atoms with van der Waals surface area (Å²) in [6.07, 6.45) is 3.93. The highest BCUT2D eigenvalue weighted by atomic mass is 32.1. The lowest BCUT2D eigenvalue weighted by Crippen LogP contribution is -2.30. The van der Waals surface area contributed by atoms with Gasteiger partial charge in [0.15, 0.2) is 12.0 Å². The molecule has 0 saturated heterocycles. The van der Waals surface area contributed by atoms with Crippen LogP contribution in [0.5, 0.6) is 5.75 Å². The minimum atomic E-state index is -0.350. The largest absolute Gasteiger partial charge is 0.482 e. The number of rotatable bonds is 9. The molecule has 0 bridgehead atoms. The Bertz CT molecular complexity index is 883. The van der Waals surface area contributed by atoms with Crippen LogP contribution in [0.15, 0.2) is 48.5 Å². The van der Waals surface area contributed by atoms with Crippen molar-refractivity contribution in [3.05, 3.63) is 59.1 Å². The first-order chi connectivity index (χ1) is 13.2. The van der Waals surface area contributed by atoms with E-state index in [9.17, 15) is 0 Å². The Kier molecular flexibility index (Phi) is 6.98. The summed E-state index contributed by atoms with van der Waals surface area (Å²) in [6.45, 7) is 5.47. The molecule has 0 amide bonds. The van der Waals surface area contributed by atoms with Crippen LogP contribution in [0.4, 0.5) is 0 Å². The van der Waals surface area contributed by atoms with Gasteiger partial charge in [-0.15, -0.1) is 0 Å². The molecule has 0 saturated carbocycles. The third kappa shape index (κ3) is 4.95. The van der Waals surface area contributed by atoms with Gasteiger partial charge >= 0.3 is 0 Å². The van der Waals surface area contributed by atoms with Gasteiger partial charge < -0.3 is 14.2 Å². The van der Waals surface area contributed by atoms with Gasteiger partial charge in [-0.1, -0.05) is 47.7 Å². The molecule has 1 heterocycles. The van der Waals surface area contributed by atoms with Crippen LogP contribution in [0.1, 0.15) is 24.4 Å². The zero-order valence-corrected chi connectivity index (χ0v) is 16.9. The van der Waals surface area contributed by atoms with Crippen molar-refractivity contribution in [2.45, 2.75) is 20.1 Å². The van der Waals surface area contributed by atoms with Crippen LogP contribution in [0.2, 0.25) is 0 Å². The molecule has 0 N–H and O–H groups in total. The second-order valence-electron chi connectivity index (χ2n) is 6.00. The van der Waals surface area contributed by atoms with Crippen molar-refractivity contribution in [3.63, 3.8) is 0 Å². The van der Waals surface area contributed by atoms with E-state index in [1.807, 2.05) is 44.2 Å². The Balaban J connectivity index is 1.83. The van der Waals surface area contributed by atoms with Crippen molar-refractivity contribution in [2.24, 2.45) is 7.05 Å². The first kappa shape index (κ1) is 19.5. The Labute approximate surface area is 164 Å². The fraction of sp³-hybridized carbons (Fsp3) is 0.318. The molecule has 3 aromatic rings. The van der Waals surface area contributed by atoms with E-state index in [2.05, 4.69) is 42.0 Å². The molecule has 0 spiro atoms. The van der Waals surface area contributed by atoms with Gasteiger partial charge in [-0.25, -0.2) is 0 Å². The first-order valence-corrected chi connectivity index (χ1v) is 10.0. The monoisotopic (exact) mass is 384 g/mol. The molecule has 5 heteroatoms. The highest BCUT2D eigenvalue weighted by Gasteiger charge is 2.20. The van der Waals surface area contributed by atoms with Crippen molar-refractivity contribution in [3.8, 4) is 5.75 Å². The molecule has 0 aliphatic heterocycles. The van der Waals surface area contributed by atoms with Gasteiger partial charge in [-0.3, -0.25) is 0 Å². The van der Waals surface area contributed by atoms with Gasteiger partial charge in [-0.05, 0) is 37.6 Å². The van der Waals surface area contributed by atoms with E-state index in [0.29, 0.717) is 19.8 Å². The standard InChI is InChI=1S/C22H26NO3S/c1-4-24-21(25-5-2)16-26-18-12-9-13-19-22(18)23(3)20(27-19)15-14-17-10-7-6-8-11-17/h6-15,21H,4-5,16H2,1-3H3/q+1. The average molecular weight is 385 g/mol. The van der Waals surface area contributed by atoms with Gasteiger partial charge in [0.05, 0.1) is 0 Å². The van der Waals surface area contributed by atoms with Crippen LogP contribution in [0.25, 0.3) is 22.4 Å². The average Bonchev–Trinajstić information content (AvgIpc) is 3.02. The molecular formula is C22H26NO3S+. The second-order valence-corrected chi connectivity index (χ2v) is 7.06. The lowest BCUT2D eigenvalue weighted by atomic mass is 10.2. The van der Waals surface area contributed by atoms with Crippen LogP contribution < -0.4 is 9.30 Å². The quantitative estimate of drug-likeness (QED) is 0.397. The molecule has 2 aromatic carbocycles. The van der Waals surface area contributed by atoms with Crippen molar-refractivity contribution in [2.75, 3.05) is 19.8 Å². The highest BCUT2D eigenvalue weighted by molar-refractivity contribution is 7.19. The SMILES string of the molecule is CCOC(COc1cccc2sc(C=Cc3ccccc3)[n+](C)c12)OCC. The number of ether oxygens (including phenoxy) is 3. The maximum Gasteiger partial charge on any atom is 0.266 e. The molecule has 0 unspecified atom stereocenters. The van der Waals surface area contributed by atoms with Gasteiger partial charge in [0.25, 0.3) is 10.5 Å². The number of aryl methyl sites for hydroxylation is 1. The third-order valence-electron chi connectivity index (χ3n) is 4.14. The number of hydrogen-bond acceptors (Lipinski definition) is 4. The van der Waals surface area contributed by atoms with E-state index in [4.69, 9.17) is 14.2 Å². The predicted octanol–water partition coefficient (Wildman–Crippen LogP) is 4.67. The minimum absolute atomic E-state index is 0.350. The summed E-state index contributed by atoms with van der Waals surface area (Å²) >= 11 is 1.75. The zero-order chi connectivity index (χ0) is 19.1. The van der Waals surface area contributed by atoms with Crippen molar-refractivity contribution >= 4 is 33.7 Å². The first-order valence-electron chi connectivity index (χ1n) is 9.23. The molecular weight excluding hydrogens is 358 g/mol. The van der Waals surface area contributed by atoms with E-state index in [-0.39, 0.29) is 6.29 Å². The summed E-state index contributed by atoms with van der Waals surface area (Å²) in [6, 6.07) is 16.4. The Morgan fingerprint density at radius 1 is 0.963 bits per heavy atom. The van der Waals surface area contributed by atoms with Crippen molar-refractivity contribution < 1.29 is 18.8 Å². The maximum atomic E-state index is 6.06. The number of fused-ring (bicyclic) bond motifs is 1. The highest BCUT2D eigenvalue weighted by Crippen LogP contribution is 2.29. The Morgan fingerprint density at radius 2 is 1.70 bits per heavy atom. The summed E-state index contributed by atoms with van der Waals surface area (Å²) < 4.78 is 20.6. The van der Waals surface area contributed by atoms with E-state index in [0.717, 1.165) is 16.3 Å². The summed E-state index contributed by atoms with van der Waals surface area (Å²) in [4.78, 5) is 0. The second kappa shape index (κ2) is 9.65. The maximum absolute atomic E-state index is 6.06. The fourth-order valence-corrected chi connectivity index (χ4v) is 3.94. The Morgan fingerprint density at radius 3 is 2.41 bits per heavy atom. The number of benzene rings is 2. The van der Waals surface area contributed by atoms with Gasteiger partial charge in [0.2, 0.25) is 0 Å². The molecule has 4 nitrogen and oxygen atoms in total. The number of para-hydroxylation sites is 1. The number of hydrogen-bond donors (Lipinski definition) is 0. The molecule has 0 radical (unpaired) electrons. The third-order valence-corrected chi connectivity index (χ3v) is 5.31. The minimum Gasteiger partial charge on any atom is -0.482 e.